The third kappa shape index (κ3) is 1.91. The van der Waals surface area contributed by atoms with Crippen LogP contribution < -0.4 is 5.73 Å². The van der Waals surface area contributed by atoms with Crippen LogP contribution in [0.4, 0.5) is 5.69 Å². The summed E-state index contributed by atoms with van der Waals surface area (Å²) in [6, 6.07) is 24.6. The molecule has 4 aromatic rings. The number of nitrogens with two attached hydrogens (primary N) is 1. The normalized spacial score (nSPS) is 17.0. The molecular weight excluding hydrogens is 350 g/mol. The van der Waals surface area contributed by atoms with E-state index in [-0.39, 0.29) is 10.8 Å². The second kappa shape index (κ2) is 5.10. The van der Waals surface area contributed by atoms with E-state index in [2.05, 4.69) is 94.4 Å². The molecule has 0 saturated carbocycles. The van der Waals surface area contributed by atoms with Gasteiger partial charge in [-0.3, -0.25) is 0 Å². The molecule has 0 bridgehead atoms. The first kappa shape index (κ1) is 16.9. The summed E-state index contributed by atoms with van der Waals surface area (Å²) in [7, 11) is 0. The van der Waals surface area contributed by atoms with Crippen LogP contribution in [0.5, 0.6) is 0 Å². The van der Waals surface area contributed by atoms with E-state index in [9.17, 15) is 0 Å². The molecule has 2 aliphatic carbocycles. The van der Waals surface area contributed by atoms with E-state index >= 15 is 0 Å². The van der Waals surface area contributed by atoms with Crippen molar-refractivity contribution < 1.29 is 0 Å². The first-order chi connectivity index (χ1) is 13.8. The van der Waals surface area contributed by atoms with Gasteiger partial charge in [0.05, 0.1) is 0 Å². The Bertz CT molecular complexity index is 1350. The van der Waals surface area contributed by atoms with Crippen LogP contribution in [0.3, 0.4) is 0 Å². The summed E-state index contributed by atoms with van der Waals surface area (Å²) in [4.78, 5) is 0. The van der Waals surface area contributed by atoms with Gasteiger partial charge in [-0.15, -0.1) is 0 Å². The van der Waals surface area contributed by atoms with Crippen molar-refractivity contribution in [3.8, 4) is 22.3 Å². The van der Waals surface area contributed by atoms with Gasteiger partial charge >= 0.3 is 0 Å². The first-order valence-electron chi connectivity index (χ1n) is 10.4. The fraction of sp³-hybridized carbons (Fsp3) is 0.214. The van der Waals surface area contributed by atoms with E-state index < -0.39 is 0 Å². The lowest BCUT2D eigenvalue weighted by Gasteiger charge is -2.24. The minimum Gasteiger partial charge on any atom is -0.398 e. The molecule has 0 heterocycles. The summed E-state index contributed by atoms with van der Waals surface area (Å²) in [6.07, 6.45) is 0. The second-order valence-electron chi connectivity index (χ2n) is 9.67. The molecule has 1 heteroatoms. The maximum absolute atomic E-state index is 6.49. The topological polar surface area (TPSA) is 26.0 Å². The molecule has 2 N–H and O–H groups in total. The molecule has 0 saturated heterocycles. The van der Waals surface area contributed by atoms with E-state index in [1.807, 2.05) is 0 Å². The molecule has 0 spiro atoms. The molecule has 6 rings (SSSR count). The molecule has 0 amide bonds. The zero-order valence-corrected chi connectivity index (χ0v) is 17.4. The van der Waals surface area contributed by atoms with E-state index in [1.165, 1.54) is 49.9 Å². The minimum absolute atomic E-state index is 0.0114. The maximum Gasteiger partial charge on any atom is 0.0397 e. The van der Waals surface area contributed by atoms with Crippen molar-refractivity contribution in [2.75, 3.05) is 5.73 Å². The Labute approximate surface area is 172 Å². The zero-order valence-electron chi connectivity index (χ0n) is 17.4. The largest absolute Gasteiger partial charge is 0.398 e. The highest BCUT2D eigenvalue weighted by Crippen LogP contribution is 2.57. The van der Waals surface area contributed by atoms with Gasteiger partial charge in [0.15, 0.2) is 0 Å². The first-order valence-corrected chi connectivity index (χ1v) is 10.4. The molecule has 0 aliphatic heterocycles. The summed E-state index contributed by atoms with van der Waals surface area (Å²) in [6.45, 7) is 9.38. The Morgan fingerprint density at radius 1 is 0.552 bits per heavy atom. The lowest BCUT2D eigenvalue weighted by Crippen LogP contribution is -2.17. The Morgan fingerprint density at radius 2 is 1.14 bits per heavy atom. The highest BCUT2D eigenvalue weighted by molar-refractivity contribution is 6.08. The Hall–Kier alpha value is -3.06. The van der Waals surface area contributed by atoms with Crippen LogP contribution in [0.15, 0.2) is 66.7 Å². The van der Waals surface area contributed by atoms with Gasteiger partial charge in [0.25, 0.3) is 0 Å². The predicted octanol–water partition coefficient (Wildman–Crippen LogP) is 7.03. The van der Waals surface area contributed by atoms with E-state index in [1.54, 1.807) is 0 Å². The van der Waals surface area contributed by atoms with Crippen molar-refractivity contribution >= 4 is 16.5 Å². The number of benzene rings is 4. The van der Waals surface area contributed by atoms with E-state index in [0.717, 1.165) is 11.1 Å². The molecular formula is C28H25N. The van der Waals surface area contributed by atoms with Crippen molar-refractivity contribution in [3.63, 3.8) is 0 Å². The van der Waals surface area contributed by atoms with Gasteiger partial charge in [-0.25, -0.2) is 0 Å². The highest BCUT2D eigenvalue weighted by atomic mass is 14.6. The molecule has 0 fully saturated rings. The third-order valence-corrected chi connectivity index (χ3v) is 7.41. The zero-order chi connectivity index (χ0) is 20.1. The Kier molecular flexibility index (Phi) is 2.96. The van der Waals surface area contributed by atoms with Crippen LogP contribution >= 0.6 is 0 Å². The van der Waals surface area contributed by atoms with Gasteiger partial charge in [0.1, 0.15) is 0 Å². The van der Waals surface area contributed by atoms with Gasteiger partial charge in [-0.2, -0.15) is 0 Å². The fourth-order valence-electron chi connectivity index (χ4n) is 5.80. The van der Waals surface area contributed by atoms with Crippen LogP contribution in [0.25, 0.3) is 33.0 Å². The molecule has 2 aliphatic rings. The molecule has 0 aromatic heterocycles. The van der Waals surface area contributed by atoms with Crippen molar-refractivity contribution in [2.24, 2.45) is 0 Å². The number of hydrogen-bond donors (Lipinski definition) is 1. The standard InChI is InChI=1S/C28H25N/c1-27(2)21-12-8-7-9-16(21)19-13-23-20(14-22(19)27)26-18-11-6-5-10-17(18)25(29)15-24(26)28(23,3)4/h5-15H,29H2,1-4H3. The fourth-order valence-corrected chi connectivity index (χ4v) is 5.80. The predicted molar refractivity (Wildman–Crippen MR) is 123 cm³/mol. The van der Waals surface area contributed by atoms with E-state index in [0.29, 0.717) is 0 Å². The summed E-state index contributed by atoms with van der Waals surface area (Å²) >= 11 is 0. The van der Waals surface area contributed by atoms with Crippen LogP contribution in [0, 0.1) is 0 Å². The molecule has 4 aromatic carbocycles. The lowest BCUT2D eigenvalue weighted by atomic mass is 9.79. The van der Waals surface area contributed by atoms with Gasteiger partial charge < -0.3 is 5.73 Å². The molecule has 0 unspecified atom stereocenters. The summed E-state index contributed by atoms with van der Waals surface area (Å²) in [5.41, 5.74) is 18.4. The smallest absolute Gasteiger partial charge is 0.0397 e. The van der Waals surface area contributed by atoms with Gasteiger partial charge in [0, 0.05) is 21.9 Å². The number of nitrogen functional groups attached to an aromatic ring is 1. The number of hydrogen-bond acceptors (Lipinski definition) is 1. The maximum atomic E-state index is 6.49. The number of anilines is 1. The van der Waals surface area contributed by atoms with Gasteiger partial charge in [-0.05, 0) is 68.1 Å². The molecule has 0 atom stereocenters. The lowest BCUT2D eigenvalue weighted by molar-refractivity contribution is 0.652. The molecule has 142 valence electrons. The average molecular weight is 376 g/mol. The Morgan fingerprint density at radius 3 is 1.93 bits per heavy atom. The van der Waals surface area contributed by atoms with Crippen LogP contribution in [0.2, 0.25) is 0 Å². The summed E-state index contributed by atoms with van der Waals surface area (Å²) in [5.74, 6) is 0. The van der Waals surface area contributed by atoms with Crippen LogP contribution in [0.1, 0.15) is 49.9 Å². The number of rotatable bonds is 0. The van der Waals surface area contributed by atoms with Crippen molar-refractivity contribution in [1.82, 2.24) is 0 Å². The molecule has 0 radical (unpaired) electrons. The quantitative estimate of drug-likeness (QED) is 0.328. The second-order valence-corrected chi connectivity index (χ2v) is 9.67. The Balaban J connectivity index is 1.75. The molecule has 29 heavy (non-hydrogen) atoms. The minimum atomic E-state index is -0.0699. The van der Waals surface area contributed by atoms with Crippen molar-refractivity contribution in [3.05, 3.63) is 89.0 Å². The SMILES string of the molecule is CC1(C)c2ccccc2-c2cc3c(cc21)-c1c(cc(N)c2ccccc12)C3(C)C. The summed E-state index contributed by atoms with van der Waals surface area (Å²) in [5, 5.41) is 2.42. The highest BCUT2D eigenvalue weighted by Gasteiger charge is 2.42. The molecule has 1 nitrogen and oxygen atoms in total. The van der Waals surface area contributed by atoms with Crippen LogP contribution in [-0.4, -0.2) is 0 Å². The average Bonchev–Trinajstić information content (AvgIpc) is 3.07. The third-order valence-electron chi connectivity index (χ3n) is 7.41. The van der Waals surface area contributed by atoms with Gasteiger partial charge in [0.2, 0.25) is 0 Å². The monoisotopic (exact) mass is 375 g/mol. The van der Waals surface area contributed by atoms with Crippen LogP contribution in [-0.2, 0) is 10.8 Å². The summed E-state index contributed by atoms with van der Waals surface area (Å²) < 4.78 is 0. The number of fused-ring (bicyclic) bond motifs is 8. The van der Waals surface area contributed by atoms with Crippen molar-refractivity contribution in [2.45, 2.75) is 38.5 Å². The van der Waals surface area contributed by atoms with Crippen molar-refractivity contribution in [1.29, 1.82) is 0 Å². The van der Waals surface area contributed by atoms with Gasteiger partial charge in [-0.1, -0.05) is 76.2 Å². The van der Waals surface area contributed by atoms with E-state index in [4.69, 9.17) is 5.73 Å².